The van der Waals surface area contributed by atoms with E-state index in [0.29, 0.717) is 41.0 Å². The lowest BCUT2D eigenvalue weighted by Crippen LogP contribution is -2.33. The molecule has 1 aromatic carbocycles. The number of benzene rings is 1. The summed E-state index contributed by atoms with van der Waals surface area (Å²) in [6.45, 7) is 0.799. The van der Waals surface area contributed by atoms with Gasteiger partial charge in [0.2, 0.25) is 0 Å². The molecule has 19 heavy (non-hydrogen) atoms. The van der Waals surface area contributed by atoms with E-state index in [1.54, 1.807) is 6.07 Å². The van der Waals surface area contributed by atoms with Gasteiger partial charge in [0.1, 0.15) is 25.0 Å². The normalized spacial score (nSPS) is 14.9. The molecule has 6 nitrogen and oxygen atoms in total. The van der Waals surface area contributed by atoms with Crippen LogP contribution in [0, 0.1) is 0 Å². The molecule has 3 N–H and O–H groups in total. The van der Waals surface area contributed by atoms with Gasteiger partial charge in [0.25, 0.3) is 0 Å². The minimum Gasteiger partial charge on any atom is -0.495 e. The van der Waals surface area contributed by atoms with Crippen molar-refractivity contribution in [2.24, 2.45) is 5.73 Å². The highest BCUT2D eigenvalue weighted by Gasteiger charge is 2.26. The number of fused-ring (bicyclic) bond motifs is 1. The summed E-state index contributed by atoms with van der Waals surface area (Å²) in [7, 11) is 1.45. The second-order valence-corrected chi connectivity index (χ2v) is 4.45. The Bertz CT molecular complexity index is 505. The van der Waals surface area contributed by atoms with Gasteiger partial charge in [0.15, 0.2) is 11.5 Å². The van der Waals surface area contributed by atoms with Crippen molar-refractivity contribution in [2.45, 2.75) is 12.5 Å². The topological polar surface area (TPSA) is 91.0 Å². The van der Waals surface area contributed by atoms with Gasteiger partial charge in [0.05, 0.1) is 12.1 Å². The van der Waals surface area contributed by atoms with E-state index in [0.717, 1.165) is 0 Å². The molecular formula is C12H14ClNO5. The van der Waals surface area contributed by atoms with Gasteiger partial charge in [-0.3, -0.25) is 4.79 Å². The van der Waals surface area contributed by atoms with Crippen LogP contribution in [0.4, 0.5) is 0 Å². The van der Waals surface area contributed by atoms with Crippen molar-refractivity contribution < 1.29 is 24.1 Å². The van der Waals surface area contributed by atoms with E-state index >= 15 is 0 Å². The van der Waals surface area contributed by atoms with Crippen LogP contribution < -0.4 is 19.9 Å². The fraction of sp³-hybridized carbons (Fsp3) is 0.417. The summed E-state index contributed by atoms with van der Waals surface area (Å²) in [5.41, 5.74) is 6.07. The van der Waals surface area contributed by atoms with E-state index in [2.05, 4.69) is 0 Å². The van der Waals surface area contributed by atoms with Gasteiger partial charge in [-0.1, -0.05) is 11.6 Å². The Hall–Kier alpha value is -1.66. The molecule has 1 unspecified atom stereocenters. The van der Waals surface area contributed by atoms with Gasteiger partial charge in [0, 0.05) is 18.1 Å². The highest BCUT2D eigenvalue weighted by Crippen LogP contribution is 2.44. The summed E-state index contributed by atoms with van der Waals surface area (Å²) < 4.78 is 16.2. The molecule has 1 heterocycles. The first kappa shape index (κ1) is 13.8. The molecule has 7 heteroatoms. The van der Waals surface area contributed by atoms with E-state index in [1.807, 2.05) is 0 Å². The standard InChI is InChI=1S/C12H14ClNO5/c1-17-10-6(4-8(14)12(15)16)11-9(5-7(10)13)18-2-3-19-11/h5,8H,2-4,14H2,1H3,(H,15,16). The Morgan fingerprint density at radius 3 is 2.89 bits per heavy atom. The number of rotatable bonds is 4. The first-order valence-corrected chi connectivity index (χ1v) is 6.05. The van der Waals surface area contributed by atoms with E-state index in [1.165, 1.54) is 7.11 Å². The monoisotopic (exact) mass is 287 g/mol. The molecule has 0 amide bonds. The van der Waals surface area contributed by atoms with Crippen molar-refractivity contribution in [2.75, 3.05) is 20.3 Å². The van der Waals surface area contributed by atoms with Crippen LogP contribution >= 0.6 is 11.6 Å². The zero-order valence-electron chi connectivity index (χ0n) is 10.3. The number of nitrogens with two attached hydrogens (primary N) is 1. The van der Waals surface area contributed by atoms with Gasteiger partial charge >= 0.3 is 5.97 Å². The predicted molar refractivity (Wildman–Crippen MR) is 68.3 cm³/mol. The summed E-state index contributed by atoms with van der Waals surface area (Å²) in [4.78, 5) is 10.9. The van der Waals surface area contributed by atoms with Crippen LogP contribution in [0.2, 0.25) is 5.02 Å². The third kappa shape index (κ3) is 2.69. The highest BCUT2D eigenvalue weighted by molar-refractivity contribution is 6.32. The van der Waals surface area contributed by atoms with Crippen LogP contribution in [0.15, 0.2) is 6.07 Å². The molecule has 1 aliphatic rings. The number of carboxylic acids is 1. The molecule has 1 atom stereocenters. The van der Waals surface area contributed by atoms with Crippen molar-refractivity contribution >= 4 is 17.6 Å². The second-order valence-electron chi connectivity index (χ2n) is 4.04. The maximum atomic E-state index is 10.9. The smallest absolute Gasteiger partial charge is 0.320 e. The Morgan fingerprint density at radius 1 is 1.58 bits per heavy atom. The van der Waals surface area contributed by atoms with E-state index in [-0.39, 0.29) is 6.42 Å². The molecule has 0 bridgehead atoms. The zero-order valence-corrected chi connectivity index (χ0v) is 11.1. The Labute approximate surface area is 115 Å². The zero-order chi connectivity index (χ0) is 14.0. The molecular weight excluding hydrogens is 274 g/mol. The van der Waals surface area contributed by atoms with Crippen molar-refractivity contribution in [1.29, 1.82) is 0 Å². The number of methoxy groups -OCH3 is 1. The second kappa shape index (κ2) is 5.54. The average molecular weight is 288 g/mol. The number of hydrogen-bond acceptors (Lipinski definition) is 5. The van der Waals surface area contributed by atoms with Crippen molar-refractivity contribution in [3.63, 3.8) is 0 Å². The van der Waals surface area contributed by atoms with Crippen LogP contribution in [0.3, 0.4) is 0 Å². The fourth-order valence-corrected chi connectivity index (χ4v) is 2.21. The molecule has 0 saturated heterocycles. The van der Waals surface area contributed by atoms with Crippen LogP contribution in [-0.4, -0.2) is 37.4 Å². The third-order valence-electron chi connectivity index (χ3n) is 2.78. The van der Waals surface area contributed by atoms with Crippen molar-refractivity contribution in [1.82, 2.24) is 0 Å². The molecule has 0 aromatic heterocycles. The summed E-state index contributed by atoms with van der Waals surface area (Å²) in [5.74, 6) is 0.184. The largest absolute Gasteiger partial charge is 0.495 e. The van der Waals surface area contributed by atoms with Gasteiger partial charge in [-0.2, -0.15) is 0 Å². The first-order chi connectivity index (χ1) is 9.04. The number of aliphatic carboxylic acids is 1. The minimum absolute atomic E-state index is 0.0464. The molecule has 0 spiro atoms. The summed E-state index contributed by atoms with van der Waals surface area (Å²) >= 11 is 6.08. The lowest BCUT2D eigenvalue weighted by molar-refractivity contribution is -0.138. The molecule has 104 valence electrons. The van der Waals surface area contributed by atoms with Crippen molar-refractivity contribution in [3.05, 3.63) is 16.7 Å². The molecule has 1 aromatic rings. The Kier molecular flexibility index (Phi) is 4.01. The van der Waals surface area contributed by atoms with Gasteiger partial charge in [-0.25, -0.2) is 0 Å². The van der Waals surface area contributed by atoms with E-state index in [4.69, 9.17) is 36.7 Å². The lowest BCUT2D eigenvalue weighted by atomic mass is 10.0. The quantitative estimate of drug-likeness (QED) is 0.861. The van der Waals surface area contributed by atoms with Gasteiger partial charge < -0.3 is 25.1 Å². The minimum atomic E-state index is -1.10. The van der Waals surface area contributed by atoms with Gasteiger partial charge in [-0.05, 0) is 0 Å². The third-order valence-corrected chi connectivity index (χ3v) is 3.06. The summed E-state index contributed by atoms with van der Waals surface area (Å²) in [6, 6.07) is 0.520. The van der Waals surface area contributed by atoms with Gasteiger partial charge in [-0.15, -0.1) is 0 Å². The van der Waals surface area contributed by atoms with Crippen LogP contribution in [-0.2, 0) is 11.2 Å². The average Bonchev–Trinajstić information content (AvgIpc) is 2.38. The van der Waals surface area contributed by atoms with Crippen molar-refractivity contribution in [3.8, 4) is 17.2 Å². The fourth-order valence-electron chi connectivity index (χ4n) is 1.92. The molecule has 0 aliphatic carbocycles. The Balaban J connectivity index is 2.48. The van der Waals surface area contributed by atoms with Crippen LogP contribution in [0.1, 0.15) is 5.56 Å². The van der Waals surface area contributed by atoms with Crippen LogP contribution in [0.25, 0.3) is 0 Å². The van der Waals surface area contributed by atoms with Crippen LogP contribution in [0.5, 0.6) is 17.2 Å². The molecule has 0 fully saturated rings. The Morgan fingerprint density at radius 2 is 2.26 bits per heavy atom. The maximum Gasteiger partial charge on any atom is 0.320 e. The number of ether oxygens (including phenoxy) is 3. The number of carbonyl (C=O) groups is 1. The lowest BCUT2D eigenvalue weighted by Gasteiger charge is -2.24. The highest BCUT2D eigenvalue weighted by atomic mass is 35.5. The van der Waals surface area contributed by atoms with E-state index in [9.17, 15) is 4.79 Å². The van der Waals surface area contributed by atoms with E-state index < -0.39 is 12.0 Å². The number of carboxylic acid groups (broad SMARTS) is 1. The number of hydrogen-bond donors (Lipinski definition) is 2. The molecule has 0 saturated carbocycles. The summed E-state index contributed by atoms with van der Waals surface area (Å²) in [5, 5.41) is 9.24. The first-order valence-electron chi connectivity index (χ1n) is 5.68. The predicted octanol–water partition coefficient (Wildman–Crippen LogP) is 1.07. The molecule has 1 aliphatic heterocycles. The summed E-state index contributed by atoms with van der Waals surface area (Å²) in [6.07, 6.45) is 0.0464. The maximum absolute atomic E-state index is 10.9. The molecule has 0 radical (unpaired) electrons. The number of halogens is 1. The molecule has 2 rings (SSSR count). The SMILES string of the molecule is COc1c(Cl)cc2c(c1CC(N)C(=O)O)OCCO2.